The van der Waals surface area contributed by atoms with Crippen LogP contribution in [0.5, 0.6) is 0 Å². The first-order valence-electron chi connectivity index (χ1n) is 10.0. The molecule has 32 heavy (non-hydrogen) atoms. The van der Waals surface area contributed by atoms with Gasteiger partial charge in [0.2, 0.25) is 5.91 Å². The fourth-order valence-electron chi connectivity index (χ4n) is 3.38. The molecule has 2 aromatic carbocycles. The second-order valence-corrected chi connectivity index (χ2v) is 7.16. The molecule has 7 heteroatoms. The number of carbonyl (C=O) groups excluding carboxylic acids is 2. The summed E-state index contributed by atoms with van der Waals surface area (Å²) in [5.41, 5.74) is 9.14. The van der Waals surface area contributed by atoms with Gasteiger partial charge in [-0.1, -0.05) is 36.3 Å². The number of rotatable bonds is 5. The zero-order valence-corrected chi connectivity index (χ0v) is 17.1. The second kappa shape index (κ2) is 9.49. The van der Waals surface area contributed by atoms with Gasteiger partial charge in [-0.15, -0.1) is 0 Å². The molecule has 4 rings (SSSR count). The van der Waals surface area contributed by atoms with Gasteiger partial charge in [0.25, 0.3) is 0 Å². The zero-order chi connectivity index (χ0) is 22.3. The predicted octanol–water partition coefficient (Wildman–Crippen LogP) is 3.18. The van der Waals surface area contributed by atoms with Crippen molar-refractivity contribution in [2.45, 2.75) is 12.5 Å². The molecule has 0 aliphatic carbocycles. The molecule has 0 aliphatic rings. The van der Waals surface area contributed by atoms with E-state index in [2.05, 4.69) is 32.4 Å². The Morgan fingerprint density at radius 3 is 2.69 bits per heavy atom. The number of hydrogen-bond acceptors (Lipinski definition) is 3. The SMILES string of the molecule is NC(=O)N[C@H](Cc1c[nH]c2ccccc12)C(=O)Nc1cccc(C#Cc2ccccn2)c1. The Morgan fingerprint density at radius 1 is 1.03 bits per heavy atom. The van der Waals surface area contributed by atoms with Crippen molar-refractivity contribution in [3.63, 3.8) is 0 Å². The first kappa shape index (κ1) is 20.7. The van der Waals surface area contributed by atoms with E-state index in [9.17, 15) is 9.59 Å². The number of pyridine rings is 1. The topological polar surface area (TPSA) is 113 Å². The molecule has 0 radical (unpaired) electrons. The molecule has 7 nitrogen and oxygen atoms in total. The van der Waals surface area contributed by atoms with Crippen molar-refractivity contribution in [1.29, 1.82) is 0 Å². The third kappa shape index (κ3) is 5.12. The molecule has 0 bridgehead atoms. The van der Waals surface area contributed by atoms with Crippen molar-refractivity contribution < 1.29 is 9.59 Å². The lowest BCUT2D eigenvalue weighted by Crippen LogP contribution is -2.47. The van der Waals surface area contributed by atoms with E-state index < -0.39 is 12.1 Å². The first-order valence-corrected chi connectivity index (χ1v) is 10.0. The quantitative estimate of drug-likeness (QED) is 0.370. The van der Waals surface area contributed by atoms with Crippen molar-refractivity contribution >= 4 is 28.5 Å². The third-order valence-corrected chi connectivity index (χ3v) is 4.86. The number of carbonyl (C=O) groups is 2. The van der Waals surface area contributed by atoms with Crippen LogP contribution in [0, 0.1) is 11.8 Å². The average molecular weight is 423 g/mol. The Morgan fingerprint density at radius 2 is 1.88 bits per heavy atom. The molecule has 1 atom stereocenters. The highest BCUT2D eigenvalue weighted by molar-refractivity contribution is 5.97. The number of nitrogens with zero attached hydrogens (tertiary/aromatic N) is 1. The lowest BCUT2D eigenvalue weighted by atomic mass is 10.0. The molecular formula is C25H21N5O2. The Balaban J connectivity index is 1.51. The van der Waals surface area contributed by atoms with Crippen molar-refractivity contribution in [2.24, 2.45) is 5.73 Å². The molecule has 2 heterocycles. The summed E-state index contributed by atoms with van der Waals surface area (Å²) in [5.74, 6) is 5.65. The predicted molar refractivity (Wildman–Crippen MR) is 124 cm³/mol. The summed E-state index contributed by atoms with van der Waals surface area (Å²) in [5, 5.41) is 6.37. The lowest BCUT2D eigenvalue weighted by molar-refractivity contribution is -0.117. The summed E-state index contributed by atoms with van der Waals surface area (Å²) in [6.07, 6.45) is 3.81. The number of para-hydroxylation sites is 1. The Hall–Kier alpha value is -4.57. The van der Waals surface area contributed by atoms with Crippen molar-refractivity contribution in [3.05, 3.63) is 95.9 Å². The fraction of sp³-hybridized carbons (Fsp3) is 0.0800. The maximum absolute atomic E-state index is 13.0. The number of H-pyrrole nitrogens is 1. The van der Waals surface area contributed by atoms with Crippen molar-refractivity contribution in [3.8, 4) is 11.8 Å². The number of aromatic amines is 1. The largest absolute Gasteiger partial charge is 0.361 e. The third-order valence-electron chi connectivity index (χ3n) is 4.86. The molecule has 0 unspecified atom stereocenters. The van der Waals surface area contributed by atoms with Crippen molar-refractivity contribution in [2.75, 3.05) is 5.32 Å². The van der Waals surface area contributed by atoms with Gasteiger partial charge in [-0.3, -0.25) is 4.79 Å². The van der Waals surface area contributed by atoms with Gasteiger partial charge in [-0.25, -0.2) is 9.78 Å². The molecule has 158 valence electrons. The number of hydrogen-bond donors (Lipinski definition) is 4. The first-order chi connectivity index (χ1) is 15.6. The zero-order valence-electron chi connectivity index (χ0n) is 17.1. The van der Waals surface area contributed by atoms with Gasteiger partial charge in [0.1, 0.15) is 11.7 Å². The van der Waals surface area contributed by atoms with Gasteiger partial charge in [0.05, 0.1) is 0 Å². The molecule has 0 saturated carbocycles. The number of fused-ring (bicyclic) bond motifs is 1. The van der Waals surface area contributed by atoms with Crippen LogP contribution in [0.3, 0.4) is 0 Å². The van der Waals surface area contributed by atoms with Crippen LogP contribution in [-0.2, 0) is 11.2 Å². The van der Waals surface area contributed by atoms with Gasteiger partial charge < -0.3 is 21.4 Å². The molecule has 0 saturated heterocycles. The van der Waals surface area contributed by atoms with E-state index in [4.69, 9.17) is 5.73 Å². The lowest BCUT2D eigenvalue weighted by Gasteiger charge is -2.17. The van der Waals surface area contributed by atoms with E-state index in [1.807, 2.05) is 54.7 Å². The minimum absolute atomic E-state index is 0.290. The van der Waals surface area contributed by atoms with Gasteiger partial charge in [0.15, 0.2) is 0 Å². The van der Waals surface area contributed by atoms with E-state index in [1.165, 1.54) is 0 Å². The maximum Gasteiger partial charge on any atom is 0.312 e. The summed E-state index contributed by atoms with van der Waals surface area (Å²) in [4.78, 5) is 31.8. The number of benzene rings is 2. The van der Waals surface area contributed by atoms with Gasteiger partial charge in [-0.05, 0) is 47.9 Å². The molecule has 4 aromatic rings. The monoisotopic (exact) mass is 423 g/mol. The molecule has 2 aromatic heterocycles. The highest BCUT2D eigenvalue weighted by atomic mass is 16.2. The summed E-state index contributed by atoms with van der Waals surface area (Å²) in [6, 6.07) is 18.9. The molecule has 0 aliphatic heterocycles. The number of nitrogens with two attached hydrogens (primary N) is 1. The minimum atomic E-state index is -0.838. The molecule has 0 spiro atoms. The average Bonchev–Trinajstić information content (AvgIpc) is 3.21. The van der Waals surface area contributed by atoms with E-state index in [0.29, 0.717) is 11.4 Å². The summed E-state index contributed by atoms with van der Waals surface area (Å²) in [7, 11) is 0. The minimum Gasteiger partial charge on any atom is -0.361 e. The number of aromatic nitrogens is 2. The molecule has 5 N–H and O–H groups in total. The number of amides is 3. The van der Waals surface area contributed by atoms with Crippen LogP contribution in [0.25, 0.3) is 10.9 Å². The number of primary amides is 1. The second-order valence-electron chi connectivity index (χ2n) is 7.16. The van der Waals surface area contributed by atoms with Gasteiger partial charge >= 0.3 is 6.03 Å². The summed E-state index contributed by atoms with van der Waals surface area (Å²) in [6.45, 7) is 0. The molecular weight excluding hydrogens is 402 g/mol. The summed E-state index contributed by atoms with van der Waals surface area (Å²) < 4.78 is 0. The van der Waals surface area contributed by atoms with Crippen LogP contribution in [-0.4, -0.2) is 27.9 Å². The number of urea groups is 1. The Labute approximate surface area is 185 Å². The van der Waals surface area contributed by atoms with Crippen LogP contribution >= 0.6 is 0 Å². The maximum atomic E-state index is 13.0. The number of anilines is 1. The van der Waals surface area contributed by atoms with Gasteiger partial charge in [-0.2, -0.15) is 0 Å². The van der Waals surface area contributed by atoms with Crippen LogP contribution in [0.2, 0.25) is 0 Å². The van der Waals surface area contributed by atoms with E-state index >= 15 is 0 Å². The van der Waals surface area contributed by atoms with Crippen LogP contribution in [0.4, 0.5) is 10.5 Å². The van der Waals surface area contributed by atoms with Crippen LogP contribution in [0.15, 0.2) is 79.1 Å². The smallest absolute Gasteiger partial charge is 0.312 e. The Bertz CT molecular complexity index is 1320. The highest BCUT2D eigenvalue weighted by Gasteiger charge is 2.22. The van der Waals surface area contributed by atoms with Crippen molar-refractivity contribution in [1.82, 2.24) is 15.3 Å². The highest BCUT2D eigenvalue weighted by Crippen LogP contribution is 2.20. The van der Waals surface area contributed by atoms with E-state index in [1.54, 1.807) is 24.4 Å². The normalized spacial score (nSPS) is 11.2. The number of nitrogens with one attached hydrogen (secondary N) is 3. The summed E-state index contributed by atoms with van der Waals surface area (Å²) >= 11 is 0. The van der Waals surface area contributed by atoms with Gasteiger partial charge in [0, 0.05) is 41.0 Å². The van der Waals surface area contributed by atoms with Crippen LogP contribution in [0.1, 0.15) is 16.8 Å². The standard InChI is InChI=1S/C25H21N5O2/c26-25(32)30-23(15-18-16-28-22-10-2-1-9-21(18)22)24(31)29-20-8-5-6-17(14-20)11-12-19-7-3-4-13-27-19/h1-10,13-14,16,23,28H,15H2,(H,29,31)(H3,26,30,32)/t23-/m1/s1. The van der Waals surface area contributed by atoms with E-state index in [-0.39, 0.29) is 12.3 Å². The van der Waals surface area contributed by atoms with E-state index in [0.717, 1.165) is 22.0 Å². The fourth-order valence-corrected chi connectivity index (χ4v) is 3.38. The molecule has 3 amide bonds. The molecule has 0 fully saturated rings. The Kier molecular flexibility index (Phi) is 6.14. The van der Waals surface area contributed by atoms with Crippen LogP contribution < -0.4 is 16.4 Å².